The number of nitrogens with one attached hydrogen (secondary N) is 3. The lowest BCUT2D eigenvalue weighted by atomic mass is 10.00. The number of hydrogen-bond donors (Lipinski definition) is 3. The molecule has 0 bridgehead atoms. The van der Waals surface area contributed by atoms with Crippen molar-refractivity contribution in [2.24, 2.45) is 0 Å². The Morgan fingerprint density at radius 3 is 1.98 bits per heavy atom. The first kappa shape index (κ1) is 32.4. The van der Waals surface area contributed by atoms with Gasteiger partial charge >= 0.3 is 6.09 Å². The number of nitrogens with zero attached hydrogens (tertiary/aromatic N) is 1. The molecule has 4 aromatic rings. The number of aromatic nitrogens is 1. The monoisotopic (exact) mass is 608 g/mol. The number of ether oxygens (including phenoxy) is 2. The van der Waals surface area contributed by atoms with Gasteiger partial charge in [0, 0.05) is 37.7 Å². The number of rotatable bonds is 15. The third-order valence-corrected chi connectivity index (χ3v) is 6.95. The van der Waals surface area contributed by atoms with Gasteiger partial charge in [-0.15, -0.1) is 0 Å². The van der Waals surface area contributed by atoms with E-state index in [1.54, 1.807) is 43.6 Å². The number of benzene rings is 3. The highest BCUT2D eigenvalue weighted by atomic mass is 16.5. The second kappa shape index (κ2) is 17.0. The third-order valence-electron chi connectivity index (χ3n) is 6.95. The molecule has 0 aliphatic carbocycles. The summed E-state index contributed by atoms with van der Waals surface area (Å²) >= 11 is 0. The predicted octanol–water partition coefficient (Wildman–Crippen LogP) is 3.58. The Balaban J connectivity index is 1.48. The van der Waals surface area contributed by atoms with Gasteiger partial charge in [-0.05, 0) is 41.0 Å². The quantitative estimate of drug-likeness (QED) is 0.176. The van der Waals surface area contributed by atoms with Crippen molar-refractivity contribution in [1.82, 2.24) is 20.9 Å². The summed E-state index contributed by atoms with van der Waals surface area (Å²) in [7, 11) is 1.54. The molecule has 10 heteroatoms. The van der Waals surface area contributed by atoms with Crippen molar-refractivity contribution in [3.63, 3.8) is 0 Å². The smallest absolute Gasteiger partial charge is 0.408 e. The van der Waals surface area contributed by atoms with Gasteiger partial charge in [-0.2, -0.15) is 0 Å². The highest BCUT2D eigenvalue weighted by Crippen LogP contribution is 2.14. The SMILES string of the molecule is COc1ccc(CC(NC(=O)C(Cc2ccccc2)NC(=O)OCc2ccccc2)C(=O)C(=O)NCCc2ccccn2)cc1. The predicted molar refractivity (Wildman–Crippen MR) is 168 cm³/mol. The number of methoxy groups -OCH3 is 1. The fraction of sp³-hybridized carbons (Fsp3) is 0.229. The zero-order valence-electron chi connectivity index (χ0n) is 25.0. The molecule has 1 aromatic heterocycles. The zero-order valence-corrected chi connectivity index (χ0v) is 25.0. The van der Waals surface area contributed by atoms with E-state index in [1.165, 1.54) is 0 Å². The van der Waals surface area contributed by atoms with E-state index in [0.717, 1.165) is 16.8 Å². The summed E-state index contributed by atoms with van der Waals surface area (Å²) in [5, 5.41) is 7.98. The molecule has 232 valence electrons. The van der Waals surface area contributed by atoms with Crippen molar-refractivity contribution in [3.05, 3.63) is 132 Å². The molecule has 2 unspecified atom stereocenters. The first-order chi connectivity index (χ1) is 21.9. The minimum Gasteiger partial charge on any atom is -0.497 e. The van der Waals surface area contributed by atoms with Gasteiger partial charge in [0.1, 0.15) is 24.4 Å². The lowest BCUT2D eigenvalue weighted by Gasteiger charge is -2.23. The summed E-state index contributed by atoms with van der Waals surface area (Å²) in [5.41, 5.74) is 3.04. The van der Waals surface area contributed by atoms with E-state index in [4.69, 9.17) is 9.47 Å². The van der Waals surface area contributed by atoms with Crippen LogP contribution in [-0.2, 0) is 45.0 Å². The summed E-state index contributed by atoms with van der Waals surface area (Å²) in [4.78, 5) is 57.1. The molecule has 3 N–H and O–H groups in total. The Hall–Kier alpha value is -5.51. The summed E-state index contributed by atoms with van der Waals surface area (Å²) in [6.45, 7) is 0.208. The summed E-state index contributed by atoms with van der Waals surface area (Å²) < 4.78 is 10.6. The second-order valence-electron chi connectivity index (χ2n) is 10.3. The Morgan fingerprint density at radius 2 is 1.33 bits per heavy atom. The summed E-state index contributed by atoms with van der Waals surface area (Å²) in [6.07, 6.45) is 1.47. The average molecular weight is 609 g/mol. The molecule has 0 radical (unpaired) electrons. The highest BCUT2D eigenvalue weighted by molar-refractivity contribution is 6.38. The molecule has 0 saturated carbocycles. The number of carbonyl (C=O) groups is 4. The lowest BCUT2D eigenvalue weighted by Crippen LogP contribution is -2.55. The standard InChI is InChI=1S/C35H36N4O6/c1-44-29-17-15-26(16-18-29)22-30(32(40)34(42)37-21-19-28-14-8-9-20-36-28)38-33(41)31(23-25-10-4-2-5-11-25)39-35(43)45-24-27-12-6-3-7-13-27/h2-18,20,30-31H,19,21-24H2,1H3,(H,37,42)(H,38,41)(H,39,43). The van der Waals surface area contributed by atoms with E-state index in [2.05, 4.69) is 20.9 Å². The number of ketones is 1. The van der Waals surface area contributed by atoms with Crippen molar-refractivity contribution >= 4 is 23.7 Å². The van der Waals surface area contributed by atoms with Crippen molar-refractivity contribution in [3.8, 4) is 5.75 Å². The topological polar surface area (TPSA) is 136 Å². The Labute approximate surface area is 262 Å². The van der Waals surface area contributed by atoms with Gasteiger partial charge in [-0.25, -0.2) is 4.79 Å². The number of hydrogen-bond acceptors (Lipinski definition) is 7. The van der Waals surface area contributed by atoms with Crippen molar-refractivity contribution in [2.75, 3.05) is 13.7 Å². The van der Waals surface area contributed by atoms with Gasteiger partial charge in [0.05, 0.1) is 7.11 Å². The van der Waals surface area contributed by atoms with Crippen molar-refractivity contribution < 1.29 is 28.7 Å². The van der Waals surface area contributed by atoms with Gasteiger partial charge < -0.3 is 25.4 Å². The Bertz CT molecular complexity index is 1530. The Morgan fingerprint density at radius 1 is 0.711 bits per heavy atom. The van der Waals surface area contributed by atoms with Crippen LogP contribution in [0.1, 0.15) is 22.4 Å². The molecule has 2 atom stereocenters. The fourth-order valence-corrected chi connectivity index (χ4v) is 4.54. The van der Waals surface area contributed by atoms with Crippen LogP contribution in [-0.4, -0.2) is 54.4 Å². The molecule has 10 nitrogen and oxygen atoms in total. The lowest BCUT2D eigenvalue weighted by molar-refractivity contribution is -0.140. The maximum absolute atomic E-state index is 13.7. The second-order valence-corrected chi connectivity index (χ2v) is 10.3. The van der Waals surface area contributed by atoms with Crippen LogP contribution in [0.15, 0.2) is 109 Å². The molecular formula is C35H36N4O6. The maximum Gasteiger partial charge on any atom is 0.408 e. The summed E-state index contributed by atoms with van der Waals surface area (Å²) in [5.74, 6) is -1.66. The molecule has 3 amide bonds. The molecule has 0 fully saturated rings. The minimum absolute atomic E-state index is 0.0175. The van der Waals surface area contributed by atoms with E-state index in [0.29, 0.717) is 17.7 Å². The number of carbonyl (C=O) groups excluding carboxylic acids is 4. The average Bonchev–Trinajstić information content (AvgIpc) is 3.08. The molecule has 0 spiro atoms. The number of amides is 3. The van der Waals surface area contributed by atoms with Crippen LogP contribution in [0.4, 0.5) is 4.79 Å². The van der Waals surface area contributed by atoms with Crippen LogP contribution in [0, 0.1) is 0 Å². The van der Waals surface area contributed by atoms with Crippen molar-refractivity contribution in [2.45, 2.75) is 38.0 Å². The fourth-order valence-electron chi connectivity index (χ4n) is 4.54. The van der Waals surface area contributed by atoms with E-state index in [1.807, 2.05) is 72.8 Å². The molecule has 1 heterocycles. The Kier molecular flexibility index (Phi) is 12.2. The number of Topliss-reactive ketones (excluding diaryl/α,β-unsaturated/α-hetero) is 1. The minimum atomic E-state index is -1.21. The van der Waals surface area contributed by atoms with Gasteiger partial charge in [-0.3, -0.25) is 19.4 Å². The third kappa shape index (κ3) is 10.6. The normalized spacial score (nSPS) is 11.8. The van der Waals surface area contributed by atoms with Crippen LogP contribution < -0.4 is 20.7 Å². The van der Waals surface area contributed by atoms with Gasteiger partial charge in [-0.1, -0.05) is 78.9 Å². The van der Waals surface area contributed by atoms with E-state index >= 15 is 0 Å². The van der Waals surface area contributed by atoms with E-state index in [9.17, 15) is 19.2 Å². The molecule has 45 heavy (non-hydrogen) atoms. The highest BCUT2D eigenvalue weighted by Gasteiger charge is 2.31. The van der Waals surface area contributed by atoms with Gasteiger partial charge in [0.2, 0.25) is 11.7 Å². The maximum atomic E-state index is 13.7. The van der Waals surface area contributed by atoms with Gasteiger partial charge in [0.15, 0.2) is 0 Å². The van der Waals surface area contributed by atoms with E-state index < -0.39 is 35.8 Å². The molecule has 0 saturated heterocycles. The summed E-state index contributed by atoms with van der Waals surface area (Å²) in [6, 6.07) is 28.4. The zero-order chi connectivity index (χ0) is 31.9. The molecule has 0 aliphatic heterocycles. The van der Waals surface area contributed by atoms with Crippen LogP contribution >= 0.6 is 0 Å². The molecule has 4 rings (SSSR count). The van der Waals surface area contributed by atoms with Crippen LogP contribution in [0.2, 0.25) is 0 Å². The van der Waals surface area contributed by atoms with Crippen LogP contribution in [0.25, 0.3) is 0 Å². The van der Waals surface area contributed by atoms with E-state index in [-0.39, 0.29) is 26.0 Å². The molecular weight excluding hydrogens is 572 g/mol. The van der Waals surface area contributed by atoms with Crippen molar-refractivity contribution in [1.29, 1.82) is 0 Å². The van der Waals surface area contributed by atoms with Crippen LogP contribution in [0.5, 0.6) is 5.75 Å². The first-order valence-corrected chi connectivity index (χ1v) is 14.6. The molecule has 3 aromatic carbocycles. The van der Waals surface area contributed by atoms with Crippen LogP contribution in [0.3, 0.4) is 0 Å². The van der Waals surface area contributed by atoms with Gasteiger partial charge in [0.25, 0.3) is 5.91 Å². The number of alkyl carbamates (subject to hydrolysis) is 1. The largest absolute Gasteiger partial charge is 0.497 e. The first-order valence-electron chi connectivity index (χ1n) is 14.6. The molecule has 0 aliphatic rings. The number of pyridine rings is 1.